The molecular weight excluding hydrogens is 258 g/mol. The predicted octanol–water partition coefficient (Wildman–Crippen LogP) is -0.279. The van der Waals surface area contributed by atoms with Crippen LogP contribution in [0.4, 0.5) is 0 Å². The summed E-state index contributed by atoms with van der Waals surface area (Å²) in [7, 11) is 0. The SMILES string of the molecule is NC(=O)C1CC(=O)N(C2CCN(C(=O)C3CC3)CC2)C1. The number of nitrogens with two attached hydrogens (primary N) is 1. The highest BCUT2D eigenvalue weighted by atomic mass is 16.2. The van der Waals surface area contributed by atoms with Crippen LogP contribution in [0.25, 0.3) is 0 Å². The first-order chi connectivity index (χ1) is 9.56. The van der Waals surface area contributed by atoms with Crippen LogP contribution in [0.3, 0.4) is 0 Å². The van der Waals surface area contributed by atoms with E-state index in [4.69, 9.17) is 5.73 Å². The van der Waals surface area contributed by atoms with Crippen molar-refractivity contribution < 1.29 is 14.4 Å². The Morgan fingerprint density at radius 3 is 2.20 bits per heavy atom. The molecule has 3 aliphatic rings. The fourth-order valence-electron chi connectivity index (χ4n) is 3.26. The van der Waals surface area contributed by atoms with Crippen molar-refractivity contribution in [2.45, 2.75) is 38.1 Å². The number of amides is 3. The van der Waals surface area contributed by atoms with Crippen LogP contribution in [0, 0.1) is 11.8 Å². The zero-order valence-corrected chi connectivity index (χ0v) is 11.6. The van der Waals surface area contributed by atoms with E-state index in [0.717, 1.165) is 38.8 Å². The highest BCUT2D eigenvalue weighted by molar-refractivity contribution is 5.88. The summed E-state index contributed by atoms with van der Waals surface area (Å²) in [6.45, 7) is 1.91. The summed E-state index contributed by atoms with van der Waals surface area (Å²) < 4.78 is 0. The Kier molecular flexibility index (Phi) is 3.40. The maximum absolute atomic E-state index is 12.0. The standard InChI is InChI=1S/C14H21N3O3/c15-13(19)10-7-12(18)17(8-10)11-3-5-16(6-4-11)14(20)9-1-2-9/h9-11H,1-8H2,(H2,15,19). The Hall–Kier alpha value is -1.59. The number of carbonyl (C=O) groups excluding carboxylic acids is 3. The van der Waals surface area contributed by atoms with Gasteiger partial charge in [-0.25, -0.2) is 0 Å². The molecule has 110 valence electrons. The minimum atomic E-state index is -0.387. The van der Waals surface area contributed by atoms with Gasteiger partial charge in [-0.3, -0.25) is 14.4 Å². The van der Waals surface area contributed by atoms with E-state index >= 15 is 0 Å². The number of hydrogen-bond acceptors (Lipinski definition) is 3. The average Bonchev–Trinajstić information content (AvgIpc) is 3.21. The van der Waals surface area contributed by atoms with Gasteiger partial charge in [0.1, 0.15) is 0 Å². The third-order valence-electron chi connectivity index (χ3n) is 4.70. The third kappa shape index (κ3) is 2.51. The summed E-state index contributed by atoms with van der Waals surface area (Å²) in [4.78, 5) is 38.9. The van der Waals surface area contributed by atoms with E-state index in [0.29, 0.717) is 6.54 Å². The van der Waals surface area contributed by atoms with Crippen LogP contribution >= 0.6 is 0 Å². The van der Waals surface area contributed by atoms with Crippen molar-refractivity contribution in [3.8, 4) is 0 Å². The summed E-state index contributed by atoms with van der Waals surface area (Å²) in [6, 6.07) is 0.162. The molecule has 1 aliphatic carbocycles. The molecule has 0 spiro atoms. The number of likely N-dealkylation sites (tertiary alicyclic amines) is 2. The second-order valence-electron chi connectivity index (χ2n) is 6.18. The summed E-state index contributed by atoms with van der Waals surface area (Å²) in [5.74, 6) is -0.151. The molecule has 0 aromatic carbocycles. The molecule has 0 aromatic rings. The van der Waals surface area contributed by atoms with Gasteiger partial charge in [-0.15, -0.1) is 0 Å². The first-order valence-corrected chi connectivity index (χ1v) is 7.44. The topological polar surface area (TPSA) is 83.7 Å². The fraction of sp³-hybridized carbons (Fsp3) is 0.786. The Morgan fingerprint density at radius 1 is 1.05 bits per heavy atom. The zero-order valence-electron chi connectivity index (χ0n) is 11.6. The lowest BCUT2D eigenvalue weighted by Gasteiger charge is -2.37. The fourth-order valence-corrected chi connectivity index (χ4v) is 3.26. The number of rotatable bonds is 3. The Balaban J connectivity index is 1.54. The monoisotopic (exact) mass is 279 g/mol. The lowest BCUT2D eigenvalue weighted by Crippen LogP contribution is -2.47. The molecular formula is C14H21N3O3. The number of primary amides is 1. The van der Waals surface area contributed by atoms with Crippen molar-refractivity contribution in [2.24, 2.45) is 17.6 Å². The van der Waals surface area contributed by atoms with Gasteiger partial charge in [0, 0.05) is 38.0 Å². The molecule has 2 saturated heterocycles. The van der Waals surface area contributed by atoms with E-state index in [1.165, 1.54) is 0 Å². The lowest BCUT2D eigenvalue weighted by molar-refractivity contribution is -0.135. The minimum absolute atomic E-state index is 0.0285. The van der Waals surface area contributed by atoms with Crippen LogP contribution in [0.1, 0.15) is 32.1 Å². The third-order valence-corrected chi connectivity index (χ3v) is 4.70. The second kappa shape index (κ2) is 5.07. The maximum Gasteiger partial charge on any atom is 0.225 e. The molecule has 6 heteroatoms. The van der Waals surface area contributed by atoms with Gasteiger partial charge >= 0.3 is 0 Å². The lowest BCUT2D eigenvalue weighted by atomic mass is 10.0. The van der Waals surface area contributed by atoms with E-state index in [-0.39, 0.29) is 42.0 Å². The van der Waals surface area contributed by atoms with Gasteiger partial charge in [-0.05, 0) is 25.7 Å². The molecule has 2 aliphatic heterocycles. The number of carbonyl (C=O) groups is 3. The van der Waals surface area contributed by atoms with Crippen molar-refractivity contribution in [1.29, 1.82) is 0 Å². The Morgan fingerprint density at radius 2 is 1.70 bits per heavy atom. The van der Waals surface area contributed by atoms with E-state index < -0.39 is 0 Å². The van der Waals surface area contributed by atoms with Crippen LogP contribution in [-0.2, 0) is 14.4 Å². The maximum atomic E-state index is 12.0. The smallest absolute Gasteiger partial charge is 0.225 e. The van der Waals surface area contributed by atoms with E-state index in [1.54, 1.807) is 4.90 Å². The molecule has 0 aromatic heterocycles. The zero-order chi connectivity index (χ0) is 14.3. The number of nitrogens with zero attached hydrogens (tertiary/aromatic N) is 2. The van der Waals surface area contributed by atoms with Crippen molar-refractivity contribution >= 4 is 17.7 Å². The van der Waals surface area contributed by atoms with Gasteiger partial charge in [0.25, 0.3) is 0 Å². The van der Waals surface area contributed by atoms with Gasteiger partial charge < -0.3 is 15.5 Å². The predicted molar refractivity (Wildman–Crippen MR) is 71.3 cm³/mol. The van der Waals surface area contributed by atoms with E-state index in [9.17, 15) is 14.4 Å². The molecule has 0 bridgehead atoms. The number of hydrogen-bond donors (Lipinski definition) is 1. The highest BCUT2D eigenvalue weighted by Crippen LogP contribution is 2.33. The van der Waals surface area contributed by atoms with Gasteiger partial charge in [0.2, 0.25) is 17.7 Å². The Labute approximate surface area is 118 Å². The Bertz CT molecular complexity index is 439. The summed E-state index contributed by atoms with van der Waals surface area (Å²) in [5, 5.41) is 0. The molecule has 1 unspecified atom stereocenters. The van der Waals surface area contributed by atoms with Gasteiger partial charge in [0.15, 0.2) is 0 Å². The molecule has 2 heterocycles. The summed E-state index contributed by atoms with van der Waals surface area (Å²) >= 11 is 0. The van der Waals surface area contributed by atoms with Crippen LogP contribution < -0.4 is 5.73 Å². The second-order valence-corrected chi connectivity index (χ2v) is 6.18. The van der Waals surface area contributed by atoms with Crippen molar-refractivity contribution in [2.75, 3.05) is 19.6 Å². The van der Waals surface area contributed by atoms with E-state index in [1.807, 2.05) is 4.90 Å². The van der Waals surface area contributed by atoms with Gasteiger partial charge in [-0.2, -0.15) is 0 Å². The molecule has 6 nitrogen and oxygen atoms in total. The molecule has 1 atom stereocenters. The average molecular weight is 279 g/mol. The van der Waals surface area contributed by atoms with Crippen molar-refractivity contribution in [3.05, 3.63) is 0 Å². The molecule has 3 amide bonds. The van der Waals surface area contributed by atoms with Crippen LogP contribution in [0.15, 0.2) is 0 Å². The molecule has 3 rings (SSSR count). The summed E-state index contributed by atoms with van der Waals surface area (Å²) in [6.07, 6.45) is 3.94. The van der Waals surface area contributed by atoms with Crippen molar-refractivity contribution in [3.63, 3.8) is 0 Å². The van der Waals surface area contributed by atoms with Gasteiger partial charge in [-0.1, -0.05) is 0 Å². The van der Waals surface area contributed by atoms with Crippen LogP contribution in [-0.4, -0.2) is 53.2 Å². The normalized spacial score (nSPS) is 28.0. The summed E-state index contributed by atoms with van der Waals surface area (Å²) in [5.41, 5.74) is 5.28. The highest BCUT2D eigenvalue weighted by Gasteiger charge is 2.40. The largest absolute Gasteiger partial charge is 0.369 e. The van der Waals surface area contributed by atoms with E-state index in [2.05, 4.69) is 0 Å². The molecule has 20 heavy (non-hydrogen) atoms. The molecule has 2 N–H and O–H groups in total. The van der Waals surface area contributed by atoms with Gasteiger partial charge in [0.05, 0.1) is 5.92 Å². The quantitative estimate of drug-likeness (QED) is 0.771. The van der Waals surface area contributed by atoms with Crippen LogP contribution in [0.5, 0.6) is 0 Å². The first-order valence-electron chi connectivity index (χ1n) is 7.44. The molecule has 3 fully saturated rings. The molecule has 0 radical (unpaired) electrons. The first kappa shape index (κ1) is 13.4. The van der Waals surface area contributed by atoms with Crippen molar-refractivity contribution in [1.82, 2.24) is 9.80 Å². The molecule has 1 saturated carbocycles. The van der Waals surface area contributed by atoms with Crippen LogP contribution in [0.2, 0.25) is 0 Å². The minimum Gasteiger partial charge on any atom is -0.369 e. The number of piperidine rings is 1.